The maximum Gasteiger partial charge on any atom is -0.00210 e. The molecule has 68 valence electrons. The predicted octanol–water partition coefficient (Wildman–Crippen LogP) is 2.67. The maximum absolute atomic E-state index is 3.27. The number of hydrogen-bond donors (Lipinski definition) is 1. The molecule has 0 radical (unpaired) electrons. The Labute approximate surface area is 71.6 Å². The Hall–Kier alpha value is -0.0400. The monoisotopic (exact) mass is 157 g/mol. The van der Waals surface area contributed by atoms with E-state index in [2.05, 4.69) is 26.1 Å². The fourth-order valence-electron chi connectivity index (χ4n) is 1.55. The normalized spacial score (nSPS) is 16.4. The van der Waals surface area contributed by atoms with Crippen LogP contribution < -0.4 is 5.32 Å². The molecular weight excluding hydrogens is 134 g/mol. The molecule has 0 aliphatic carbocycles. The van der Waals surface area contributed by atoms with E-state index in [1.165, 1.54) is 25.8 Å². The third kappa shape index (κ3) is 4.41. The van der Waals surface area contributed by atoms with E-state index in [1.54, 1.807) is 0 Å². The van der Waals surface area contributed by atoms with Crippen LogP contribution in [0.1, 0.15) is 40.0 Å². The molecule has 0 fully saturated rings. The van der Waals surface area contributed by atoms with Gasteiger partial charge in [-0.3, -0.25) is 0 Å². The summed E-state index contributed by atoms with van der Waals surface area (Å²) in [5, 5.41) is 3.27. The van der Waals surface area contributed by atoms with Crippen LogP contribution in [0.5, 0.6) is 0 Å². The molecule has 1 heteroatoms. The molecule has 1 nitrogen and oxygen atoms in total. The molecule has 0 saturated carbocycles. The lowest BCUT2D eigenvalue weighted by Gasteiger charge is -2.21. The van der Waals surface area contributed by atoms with Crippen molar-refractivity contribution in [2.45, 2.75) is 40.0 Å². The van der Waals surface area contributed by atoms with Gasteiger partial charge in [-0.15, -0.1) is 0 Å². The number of nitrogens with one attached hydrogen (secondary N) is 1. The van der Waals surface area contributed by atoms with Gasteiger partial charge in [0, 0.05) is 0 Å². The van der Waals surface area contributed by atoms with E-state index in [1.807, 2.05) is 7.05 Å². The zero-order valence-electron chi connectivity index (χ0n) is 8.48. The lowest BCUT2D eigenvalue weighted by molar-refractivity contribution is 0.317. The van der Waals surface area contributed by atoms with Crippen molar-refractivity contribution in [2.24, 2.45) is 11.8 Å². The van der Waals surface area contributed by atoms with Gasteiger partial charge in [0.15, 0.2) is 0 Å². The highest BCUT2D eigenvalue weighted by Gasteiger charge is 2.12. The molecule has 1 N–H and O–H groups in total. The van der Waals surface area contributed by atoms with Crippen LogP contribution in [0, 0.1) is 11.8 Å². The van der Waals surface area contributed by atoms with Crippen molar-refractivity contribution in [3.8, 4) is 0 Å². The van der Waals surface area contributed by atoms with Gasteiger partial charge in [-0.1, -0.05) is 33.6 Å². The van der Waals surface area contributed by atoms with Crippen molar-refractivity contribution in [1.82, 2.24) is 5.32 Å². The lowest BCUT2D eigenvalue weighted by atomic mass is 9.88. The summed E-state index contributed by atoms with van der Waals surface area (Å²) < 4.78 is 0. The molecule has 0 rings (SSSR count). The summed E-state index contributed by atoms with van der Waals surface area (Å²) in [5.41, 5.74) is 0. The van der Waals surface area contributed by atoms with Crippen molar-refractivity contribution in [3.63, 3.8) is 0 Å². The second-order valence-corrected chi connectivity index (χ2v) is 3.49. The SMILES string of the molecule is CCC[C@@H](CNC)[C@@H](C)CC. The fraction of sp³-hybridized carbons (Fsp3) is 1.00. The Morgan fingerprint density at radius 3 is 2.27 bits per heavy atom. The van der Waals surface area contributed by atoms with E-state index in [0.717, 1.165) is 11.8 Å². The molecule has 11 heavy (non-hydrogen) atoms. The quantitative estimate of drug-likeness (QED) is 0.625. The van der Waals surface area contributed by atoms with E-state index in [0.29, 0.717) is 0 Å². The summed E-state index contributed by atoms with van der Waals surface area (Å²) in [6.07, 6.45) is 4.00. The highest BCUT2D eigenvalue weighted by Crippen LogP contribution is 2.19. The lowest BCUT2D eigenvalue weighted by Crippen LogP contribution is -2.24. The minimum Gasteiger partial charge on any atom is -0.319 e. The summed E-state index contributed by atoms with van der Waals surface area (Å²) in [5.74, 6) is 1.76. The third-order valence-corrected chi connectivity index (χ3v) is 2.57. The van der Waals surface area contributed by atoms with E-state index in [-0.39, 0.29) is 0 Å². The first-order chi connectivity index (χ1) is 5.26. The van der Waals surface area contributed by atoms with Gasteiger partial charge in [0.1, 0.15) is 0 Å². The first-order valence-corrected chi connectivity index (χ1v) is 4.90. The van der Waals surface area contributed by atoms with Crippen molar-refractivity contribution >= 4 is 0 Å². The largest absolute Gasteiger partial charge is 0.319 e. The van der Waals surface area contributed by atoms with Crippen LogP contribution in [-0.2, 0) is 0 Å². The van der Waals surface area contributed by atoms with E-state index < -0.39 is 0 Å². The summed E-state index contributed by atoms with van der Waals surface area (Å²) in [6.45, 7) is 8.09. The Morgan fingerprint density at radius 2 is 1.91 bits per heavy atom. The smallest absolute Gasteiger partial charge is 0.00210 e. The van der Waals surface area contributed by atoms with Crippen molar-refractivity contribution in [2.75, 3.05) is 13.6 Å². The van der Waals surface area contributed by atoms with Crippen molar-refractivity contribution in [3.05, 3.63) is 0 Å². The molecule has 2 atom stereocenters. The van der Waals surface area contributed by atoms with Gasteiger partial charge in [-0.25, -0.2) is 0 Å². The van der Waals surface area contributed by atoms with Crippen LogP contribution in [-0.4, -0.2) is 13.6 Å². The van der Waals surface area contributed by atoms with Crippen LogP contribution in [0.15, 0.2) is 0 Å². The number of rotatable bonds is 6. The standard InChI is InChI=1S/C10H23N/c1-5-7-10(8-11-4)9(3)6-2/h9-11H,5-8H2,1-4H3/t9-,10-/m0/s1. The van der Waals surface area contributed by atoms with Crippen LogP contribution in [0.4, 0.5) is 0 Å². The highest BCUT2D eigenvalue weighted by atomic mass is 14.8. The van der Waals surface area contributed by atoms with Crippen LogP contribution >= 0.6 is 0 Å². The van der Waals surface area contributed by atoms with Crippen LogP contribution in [0.25, 0.3) is 0 Å². The zero-order chi connectivity index (χ0) is 8.69. The molecule has 0 aromatic heterocycles. The summed E-state index contributed by atoms with van der Waals surface area (Å²) >= 11 is 0. The molecule has 0 aromatic carbocycles. The van der Waals surface area contributed by atoms with Gasteiger partial charge in [0.2, 0.25) is 0 Å². The van der Waals surface area contributed by atoms with Gasteiger partial charge >= 0.3 is 0 Å². The Balaban J connectivity index is 3.66. The summed E-state index contributed by atoms with van der Waals surface area (Å²) in [7, 11) is 2.05. The molecule has 0 heterocycles. The minimum absolute atomic E-state index is 0.877. The molecule has 0 spiro atoms. The highest BCUT2D eigenvalue weighted by molar-refractivity contribution is 4.66. The third-order valence-electron chi connectivity index (χ3n) is 2.57. The molecule has 0 bridgehead atoms. The van der Waals surface area contributed by atoms with E-state index in [9.17, 15) is 0 Å². The number of hydrogen-bond acceptors (Lipinski definition) is 1. The molecule has 0 saturated heterocycles. The minimum atomic E-state index is 0.877. The van der Waals surface area contributed by atoms with Gasteiger partial charge in [0.05, 0.1) is 0 Å². The van der Waals surface area contributed by atoms with Crippen LogP contribution in [0.3, 0.4) is 0 Å². The second kappa shape index (κ2) is 6.66. The van der Waals surface area contributed by atoms with Crippen molar-refractivity contribution in [1.29, 1.82) is 0 Å². The predicted molar refractivity (Wildman–Crippen MR) is 51.8 cm³/mol. The maximum atomic E-state index is 3.27. The van der Waals surface area contributed by atoms with E-state index >= 15 is 0 Å². The molecule has 0 unspecified atom stereocenters. The van der Waals surface area contributed by atoms with Gasteiger partial charge in [-0.05, 0) is 31.8 Å². The molecule has 0 amide bonds. The van der Waals surface area contributed by atoms with Gasteiger partial charge in [0.25, 0.3) is 0 Å². The average Bonchev–Trinajstić information content (AvgIpc) is 2.03. The molecule has 0 aliphatic rings. The summed E-state index contributed by atoms with van der Waals surface area (Å²) in [4.78, 5) is 0. The molecule has 0 aromatic rings. The van der Waals surface area contributed by atoms with Gasteiger partial charge in [-0.2, -0.15) is 0 Å². The Kier molecular flexibility index (Phi) is 6.63. The Bertz CT molecular complexity index is 74.9. The van der Waals surface area contributed by atoms with Gasteiger partial charge < -0.3 is 5.32 Å². The first kappa shape index (κ1) is 11.0. The average molecular weight is 157 g/mol. The van der Waals surface area contributed by atoms with E-state index in [4.69, 9.17) is 0 Å². The Morgan fingerprint density at radius 1 is 1.27 bits per heavy atom. The fourth-order valence-corrected chi connectivity index (χ4v) is 1.55. The molecular formula is C10H23N. The first-order valence-electron chi connectivity index (χ1n) is 4.90. The second-order valence-electron chi connectivity index (χ2n) is 3.49. The van der Waals surface area contributed by atoms with Crippen LogP contribution in [0.2, 0.25) is 0 Å². The zero-order valence-corrected chi connectivity index (χ0v) is 8.48. The molecule has 0 aliphatic heterocycles. The van der Waals surface area contributed by atoms with Crippen molar-refractivity contribution < 1.29 is 0 Å². The topological polar surface area (TPSA) is 12.0 Å². The summed E-state index contributed by atoms with van der Waals surface area (Å²) in [6, 6.07) is 0.